The molecule has 0 saturated carbocycles. The number of H-pyrrole nitrogens is 1. The van der Waals surface area contributed by atoms with Gasteiger partial charge in [-0.25, -0.2) is 4.98 Å². The zero-order valence-corrected chi connectivity index (χ0v) is 17.0. The number of aromatic amines is 1. The number of aryl methyl sites for hydroxylation is 2. The van der Waals surface area contributed by atoms with Crippen molar-refractivity contribution >= 4 is 17.7 Å². The van der Waals surface area contributed by atoms with Crippen LogP contribution < -0.4 is 10.1 Å². The highest BCUT2D eigenvalue weighted by Crippen LogP contribution is 2.18. The zero-order chi connectivity index (χ0) is 19.8. The van der Waals surface area contributed by atoms with E-state index in [1.54, 1.807) is 0 Å². The van der Waals surface area contributed by atoms with Crippen LogP contribution in [0.3, 0.4) is 0 Å². The van der Waals surface area contributed by atoms with Crippen molar-refractivity contribution in [3.05, 3.63) is 77.1 Å². The van der Waals surface area contributed by atoms with Crippen LogP contribution in [0, 0.1) is 13.8 Å². The summed E-state index contributed by atoms with van der Waals surface area (Å²) in [5.74, 6) is 1.11. The summed E-state index contributed by atoms with van der Waals surface area (Å²) in [6.07, 6.45) is 0.784. The molecule has 5 nitrogen and oxygen atoms in total. The second-order valence-corrected chi connectivity index (χ2v) is 7.54. The van der Waals surface area contributed by atoms with Gasteiger partial charge < -0.3 is 15.0 Å². The SMILES string of the molecule is Cc1cccc(OCCNC(=O)CSc2nc(Cc3ccccc3)c(C)[nH]2)c1. The van der Waals surface area contributed by atoms with E-state index in [0.29, 0.717) is 18.9 Å². The van der Waals surface area contributed by atoms with E-state index in [4.69, 9.17) is 4.74 Å². The second kappa shape index (κ2) is 9.99. The maximum absolute atomic E-state index is 12.0. The molecule has 1 heterocycles. The van der Waals surface area contributed by atoms with Crippen LogP contribution in [-0.4, -0.2) is 34.8 Å². The fraction of sp³-hybridized carbons (Fsp3) is 0.273. The van der Waals surface area contributed by atoms with Gasteiger partial charge in [0.05, 0.1) is 18.0 Å². The molecule has 0 unspecified atom stereocenters. The standard InChI is InChI=1S/C22H25N3O2S/c1-16-7-6-10-19(13-16)27-12-11-23-21(26)15-28-22-24-17(2)20(25-22)14-18-8-4-3-5-9-18/h3-10,13H,11-12,14-15H2,1-2H3,(H,23,26)(H,24,25). The minimum Gasteiger partial charge on any atom is -0.492 e. The molecule has 0 aliphatic rings. The van der Waals surface area contributed by atoms with Crippen molar-refractivity contribution in [3.8, 4) is 5.75 Å². The van der Waals surface area contributed by atoms with Crippen molar-refractivity contribution in [1.29, 1.82) is 0 Å². The Morgan fingerprint density at radius 3 is 2.75 bits per heavy atom. The molecule has 0 aliphatic heterocycles. The Bertz CT molecular complexity index is 909. The Morgan fingerprint density at radius 2 is 1.96 bits per heavy atom. The lowest BCUT2D eigenvalue weighted by atomic mass is 10.1. The van der Waals surface area contributed by atoms with Gasteiger partial charge in [0.15, 0.2) is 5.16 Å². The summed E-state index contributed by atoms with van der Waals surface area (Å²) < 4.78 is 5.64. The third kappa shape index (κ3) is 6.16. The highest BCUT2D eigenvalue weighted by Gasteiger charge is 2.10. The van der Waals surface area contributed by atoms with Crippen LogP contribution in [0.2, 0.25) is 0 Å². The van der Waals surface area contributed by atoms with E-state index in [9.17, 15) is 4.79 Å². The lowest BCUT2D eigenvalue weighted by molar-refractivity contribution is -0.118. The number of carbonyl (C=O) groups is 1. The number of nitrogens with zero attached hydrogens (tertiary/aromatic N) is 1. The minimum absolute atomic E-state index is 0.0310. The van der Waals surface area contributed by atoms with E-state index in [0.717, 1.165) is 34.3 Å². The summed E-state index contributed by atoms with van der Waals surface area (Å²) in [7, 11) is 0. The minimum atomic E-state index is -0.0310. The van der Waals surface area contributed by atoms with Gasteiger partial charge >= 0.3 is 0 Å². The van der Waals surface area contributed by atoms with Crippen LogP contribution in [-0.2, 0) is 11.2 Å². The van der Waals surface area contributed by atoms with E-state index in [-0.39, 0.29) is 5.91 Å². The lowest BCUT2D eigenvalue weighted by Gasteiger charge is -2.08. The number of thioether (sulfide) groups is 1. The third-order valence-corrected chi connectivity index (χ3v) is 5.07. The molecule has 146 valence electrons. The highest BCUT2D eigenvalue weighted by atomic mass is 32.2. The monoisotopic (exact) mass is 395 g/mol. The number of rotatable bonds is 9. The fourth-order valence-corrected chi connectivity index (χ4v) is 3.52. The van der Waals surface area contributed by atoms with Gasteiger partial charge in [-0.05, 0) is 37.1 Å². The summed E-state index contributed by atoms with van der Waals surface area (Å²) in [6, 6.07) is 18.1. The first-order valence-electron chi connectivity index (χ1n) is 9.28. The van der Waals surface area contributed by atoms with Gasteiger partial charge in [0.1, 0.15) is 12.4 Å². The predicted molar refractivity (Wildman–Crippen MR) is 113 cm³/mol. The molecule has 3 rings (SSSR count). The van der Waals surface area contributed by atoms with E-state index in [1.807, 2.05) is 56.3 Å². The van der Waals surface area contributed by atoms with Gasteiger partial charge in [-0.2, -0.15) is 0 Å². The van der Waals surface area contributed by atoms with Crippen LogP contribution in [0.25, 0.3) is 0 Å². The molecule has 28 heavy (non-hydrogen) atoms. The smallest absolute Gasteiger partial charge is 0.230 e. The van der Waals surface area contributed by atoms with Gasteiger partial charge in [0.2, 0.25) is 5.91 Å². The normalized spacial score (nSPS) is 10.6. The van der Waals surface area contributed by atoms with E-state index in [2.05, 4.69) is 27.4 Å². The Morgan fingerprint density at radius 1 is 1.14 bits per heavy atom. The maximum Gasteiger partial charge on any atom is 0.230 e. The average molecular weight is 396 g/mol. The molecule has 0 bridgehead atoms. The molecule has 1 aromatic heterocycles. The number of aromatic nitrogens is 2. The number of amides is 1. The van der Waals surface area contributed by atoms with E-state index in [1.165, 1.54) is 17.3 Å². The molecule has 2 aromatic carbocycles. The molecule has 0 atom stereocenters. The van der Waals surface area contributed by atoms with Crippen molar-refractivity contribution in [3.63, 3.8) is 0 Å². The van der Waals surface area contributed by atoms with Crippen molar-refractivity contribution in [2.24, 2.45) is 0 Å². The summed E-state index contributed by atoms with van der Waals surface area (Å²) in [4.78, 5) is 19.9. The van der Waals surface area contributed by atoms with Crippen LogP contribution in [0.15, 0.2) is 59.8 Å². The third-order valence-electron chi connectivity index (χ3n) is 4.20. The van der Waals surface area contributed by atoms with Gasteiger partial charge in [-0.3, -0.25) is 4.79 Å². The average Bonchev–Trinajstić information content (AvgIpc) is 3.04. The van der Waals surface area contributed by atoms with Crippen molar-refractivity contribution < 1.29 is 9.53 Å². The molecular weight excluding hydrogens is 370 g/mol. The van der Waals surface area contributed by atoms with Crippen LogP contribution >= 0.6 is 11.8 Å². The van der Waals surface area contributed by atoms with Crippen molar-refractivity contribution in [1.82, 2.24) is 15.3 Å². The zero-order valence-electron chi connectivity index (χ0n) is 16.2. The molecule has 1 amide bonds. The molecule has 0 spiro atoms. The molecule has 3 aromatic rings. The molecule has 6 heteroatoms. The van der Waals surface area contributed by atoms with Crippen LogP contribution in [0.1, 0.15) is 22.5 Å². The molecule has 0 radical (unpaired) electrons. The Balaban J connectivity index is 1.39. The maximum atomic E-state index is 12.0. The fourth-order valence-electron chi connectivity index (χ4n) is 2.75. The Labute approximate surface area is 169 Å². The van der Waals surface area contributed by atoms with Crippen LogP contribution in [0.4, 0.5) is 0 Å². The first kappa shape index (κ1) is 20.0. The molecule has 2 N–H and O–H groups in total. The number of nitrogens with one attached hydrogen (secondary N) is 2. The van der Waals surface area contributed by atoms with Crippen molar-refractivity contribution in [2.75, 3.05) is 18.9 Å². The predicted octanol–water partition coefficient (Wildman–Crippen LogP) is 3.90. The van der Waals surface area contributed by atoms with Crippen LogP contribution in [0.5, 0.6) is 5.75 Å². The van der Waals surface area contributed by atoms with Gasteiger partial charge in [0.25, 0.3) is 0 Å². The number of carbonyl (C=O) groups excluding carboxylic acids is 1. The summed E-state index contributed by atoms with van der Waals surface area (Å²) in [5.41, 5.74) is 4.43. The lowest BCUT2D eigenvalue weighted by Crippen LogP contribution is -2.29. The second-order valence-electron chi connectivity index (χ2n) is 6.58. The Kier molecular flexibility index (Phi) is 7.14. The number of ether oxygens (including phenoxy) is 1. The quantitative estimate of drug-likeness (QED) is 0.426. The summed E-state index contributed by atoms with van der Waals surface area (Å²) in [6.45, 7) is 4.95. The van der Waals surface area contributed by atoms with Gasteiger partial charge in [-0.15, -0.1) is 0 Å². The van der Waals surface area contributed by atoms with Gasteiger partial charge in [0, 0.05) is 12.1 Å². The number of imidazole rings is 1. The molecule has 0 saturated heterocycles. The largest absolute Gasteiger partial charge is 0.492 e. The first-order valence-corrected chi connectivity index (χ1v) is 10.3. The molecule has 0 fully saturated rings. The Hall–Kier alpha value is -2.73. The number of hydrogen-bond acceptors (Lipinski definition) is 4. The highest BCUT2D eigenvalue weighted by molar-refractivity contribution is 7.99. The molecular formula is C22H25N3O2S. The van der Waals surface area contributed by atoms with E-state index >= 15 is 0 Å². The number of benzene rings is 2. The van der Waals surface area contributed by atoms with Crippen molar-refractivity contribution in [2.45, 2.75) is 25.4 Å². The topological polar surface area (TPSA) is 67.0 Å². The van der Waals surface area contributed by atoms with E-state index < -0.39 is 0 Å². The first-order chi connectivity index (χ1) is 13.6. The van der Waals surface area contributed by atoms with Gasteiger partial charge in [-0.1, -0.05) is 54.2 Å². The summed E-state index contributed by atoms with van der Waals surface area (Å²) >= 11 is 1.41. The summed E-state index contributed by atoms with van der Waals surface area (Å²) in [5, 5.41) is 3.65. The molecule has 0 aliphatic carbocycles. The number of hydrogen-bond donors (Lipinski definition) is 2.